The number of rotatable bonds is 7. The molecule has 0 aliphatic carbocycles. The van der Waals surface area contributed by atoms with Crippen LogP contribution in [0.2, 0.25) is 0 Å². The maximum absolute atomic E-state index is 5.43. The quantitative estimate of drug-likeness (QED) is 0.834. The molecule has 0 bridgehead atoms. The molecule has 0 fully saturated rings. The fraction of sp³-hybridized carbons (Fsp3) is 0.500. The molecule has 0 spiro atoms. The van der Waals surface area contributed by atoms with Crippen LogP contribution in [-0.4, -0.2) is 33.4 Å². The third-order valence-electron chi connectivity index (χ3n) is 3.08. The van der Waals surface area contributed by atoms with E-state index in [0.717, 1.165) is 36.8 Å². The lowest BCUT2D eigenvalue weighted by molar-refractivity contribution is 0.396. The highest BCUT2D eigenvalue weighted by Gasteiger charge is 2.24. The van der Waals surface area contributed by atoms with Gasteiger partial charge in [0.25, 0.3) is 0 Å². The summed E-state index contributed by atoms with van der Waals surface area (Å²) in [5.74, 6) is 1.49. The first-order chi connectivity index (χ1) is 9.81. The zero-order chi connectivity index (χ0) is 14.4. The SMILES string of the molecule is CCCNC(c1ncccn1)c1c(OC)cnn1CC. The van der Waals surface area contributed by atoms with Crippen molar-refractivity contribution in [3.8, 4) is 5.75 Å². The van der Waals surface area contributed by atoms with E-state index in [-0.39, 0.29) is 6.04 Å². The highest BCUT2D eigenvalue weighted by molar-refractivity contribution is 5.32. The molecule has 2 heterocycles. The molecule has 6 heteroatoms. The number of aryl methyl sites for hydroxylation is 1. The Hall–Kier alpha value is -1.95. The number of nitrogens with zero attached hydrogens (tertiary/aromatic N) is 4. The van der Waals surface area contributed by atoms with Gasteiger partial charge in [-0.2, -0.15) is 5.10 Å². The van der Waals surface area contributed by atoms with Crippen LogP contribution < -0.4 is 10.1 Å². The Morgan fingerprint density at radius 1 is 1.30 bits per heavy atom. The van der Waals surface area contributed by atoms with Crippen molar-refractivity contribution in [2.24, 2.45) is 0 Å². The van der Waals surface area contributed by atoms with Crippen molar-refractivity contribution in [2.75, 3.05) is 13.7 Å². The maximum atomic E-state index is 5.43. The van der Waals surface area contributed by atoms with Gasteiger partial charge in [-0.25, -0.2) is 9.97 Å². The van der Waals surface area contributed by atoms with E-state index in [9.17, 15) is 0 Å². The third kappa shape index (κ3) is 2.96. The zero-order valence-corrected chi connectivity index (χ0v) is 12.2. The fourth-order valence-electron chi connectivity index (χ4n) is 2.14. The van der Waals surface area contributed by atoms with Gasteiger partial charge in [0.1, 0.15) is 11.7 Å². The van der Waals surface area contributed by atoms with Crippen LogP contribution in [0.4, 0.5) is 0 Å². The molecule has 0 saturated carbocycles. The van der Waals surface area contributed by atoms with Crippen molar-refractivity contribution < 1.29 is 4.74 Å². The van der Waals surface area contributed by atoms with Crippen LogP contribution in [0.3, 0.4) is 0 Å². The third-order valence-corrected chi connectivity index (χ3v) is 3.08. The van der Waals surface area contributed by atoms with E-state index >= 15 is 0 Å². The summed E-state index contributed by atoms with van der Waals surface area (Å²) < 4.78 is 7.35. The molecule has 2 aromatic rings. The second-order valence-electron chi connectivity index (χ2n) is 4.41. The molecule has 20 heavy (non-hydrogen) atoms. The molecule has 1 atom stereocenters. The van der Waals surface area contributed by atoms with Crippen molar-refractivity contribution in [1.29, 1.82) is 0 Å². The summed E-state index contributed by atoms with van der Waals surface area (Å²) in [7, 11) is 1.66. The first-order valence-corrected chi connectivity index (χ1v) is 6.91. The van der Waals surface area contributed by atoms with Gasteiger partial charge in [-0.3, -0.25) is 4.68 Å². The predicted molar refractivity (Wildman–Crippen MR) is 76.6 cm³/mol. The monoisotopic (exact) mass is 275 g/mol. The summed E-state index contributed by atoms with van der Waals surface area (Å²) in [6, 6.07) is 1.70. The Labute approximate surface area is 119 Å². The Bertz CT molecular complexity index is 504. The Balaban J connectivity index is 2.43. The summed E-state index contributed by atoms with van der Waals surface area (Å²) in [6.07, 6.45) is 6.28. The molecule has 108 valence electrons. The van der Waals surface area contributed by atoms with Gasteiger partial charge < -0.3 is 10.1 Å². The summed E-state index contributed by atoms with van der Waals surface area (Å²) in [6.45, 7) is 5.83. The van der Waals surface area contributed by atoms with E-state index in [1.165, 1.54) is 0 Å². The van der Waals surface area contributed by atoms with Crippen LogP contribution in [-0.2, 0) is 6.54 Å². The van der Waals surface area contributed by atoms with E-state index in [4.69, 9.17) is 4.74 Å². The molecule has 1 N–H and O–H groups in total. The summed E-state index contributed by atoms with van der Waals surface area (Å²) >= 11 is 0. The minimum absolute atomic E-state index is 0.117. The molecular formula is C14H21N5O. The average molecular weight is 275 g/mol. The zero-order valence-electron chi connectivity index (χ0n) is 12.2. The highest BCUT2D eigenvalue weighted by atomic mass is 16.5. The smallest absolute Gasteiger partial charge is 0.162 e. The van der Waals surface area contributed by atoms with Gasteiger partial charge in [-0.05, 0) is 26.0 Å². The van der Waals surface area contributed by atoms with Crippen molar-refractivity contribution in [2.45, 2.75) is 32.9 Å². The summed E-state index contributed by atoms with van der Waals surface area (Å²) in [5.41, 5.74) is 0.967. The molecule has 1 unspecified atom stereocenters. The second-order valence-corrected chi connectivity index (χ2v) is 4.41. The van der Waals surface area contributed by atoms with E-state index in [2.05, 4.69) is 34.2 Å². The molecule has 2 aromatic heterocycles. The van der Waals surface area contributed by atoms with Crippen molar-refractivity contribution in [3.05, 3.63) is 36.2 Å². The number of aromatic nitrogens is 4. The molecule has 0 amide bonds. The Morgan fingerprint density at radius 3 is 2.65 bits per heavy atom. The number of hydrogen-bond donors (Lipinski definition) is 1. The van der Waals surface area contributed by atoms with E-state index in [1.54, 1.807) is 25.7 Å². The Morgan fingerprint density at radius 2 is 2.05 bits per heavy atom. The van der Waals surface area contributed by atoms with Gasteiger partial charge in [-0.1, -0.05) is 6.92 Å². The van der Waals surface area contributed by atoms with Crippen molar-refractivity contribution in [1.82, 2.24) is 25.1 Å². The summed E-state index contributed by atoms with van der Waals surface area (Å²) in [5, 5.41) is 7.83. The molecule has 2 rings (SSSR count). The Kier molecular flexibility index (Phi) is 5.06. The first kappa shape index (κ1) is 14.5. The fourth-order valence-corrected chi connectivity index (χ4v) is 2.14. The molecule has 0 saturated heterocycles. The van der Waals surface area contributed by atoms with E-state index in [1.807, 2.05) is 10.7 Å². The standard InChI is InChI=1S/C14H21N5O/c1-4-7-15-12(14-16-8-6-9-17-14)13-11(20-3)10-18-19(13)5-2/h6,8-10,12,15H,4-5,7H2,1-3H3. The van der Waals surface area contributed by atoms with Crippen LogP contribution in [0.5, 0.6) is 5.75 Å². The highest BCUT2D eigenvalue weighted by Crippen LogP contribution is 2.28. The lowest BCUT2D eigenvalue weighted by Crippen LogP contribution is -2.27. The molecular weight excluding hydrogens is 254 g/mol. The number of nitrogens with one attached hydrogen (secondary N) is 1. The largest absolute Gasteiger partial charge is 0.493 e. The minimum Gasteiger partial charge on any atom is -0.493 e. The molecule has 0 radical (unpaired) electrons. The molecule has 0 aliphatic heterocycles. The van der Waals surface area contributed by atoms with Crippen molar-refractivity contribution >= 4 is 0 Å². The van der Waals surface area contributed by atoms with Crippen LogP contribution in [0.15, 0.2) is 24.7 Å². The van der Waals surface area contributed by atoms with E-state index in [0.29, 0.717) is 0 Å². The number of hydrogen-bond acceptors (Lipinski definition) is 5. The van der Waals surface area contributed by atoms with Crippen LogP contribution in [0.1, 0.15) is 37.8 Å². The van der Waals surface area contributed by atoms with E-state index < -0.39 is 0 Å². The minimum atomic E-state index is -0.117. The number of methoxy groups -OCH3 is 1. The first-order valence-electron chi connectivity index (χ1n) is 6.91. The molecule has 6 nitrogen and oxygen atoms in total. The van der Waals surface area contributed by atoms with Gasteiger partial charge in [-0.15, -0.1) is 0 Å². The van der Waals surface area contributed by atoms with Gasteiger partial charge >= 0.3 is 0 Å². The molecule has 0 aliphatic rings. The summed E-state index contributed by atoms with van der Waals surface area (Å²) in [4.78, 5) is 8.74. The lowest BCUT2D eigenvalue weighted by atomic mass is 10.1. The molecule has 0 aromatic carbocycles. The average Bonchev–Trinajstić information content (AvgIpc) is 2.92. The maximum Gasteiger partial charge on any atom is 0.162 e. The normalized spacial score (nSPS) is 12.3. The van der Waals surface area contributed by atoms with Gasteiger partial charge in [0.2, 0.25) is 0 Å². The van der Waals surface area contributed by atoms with Gasteiger partial charge in [0, 0.05) is 18.9 Å². The van der Waals surface area contributed by atoms with Gasteiger partial charge in [0.15, 0.2) is 11.6 Å². The van der Waals surface area contributed by atoms with Crippen molar-refractivity contribution in [3.63, 3.8) is 0 Å². The number of ether oxygens (including phenoxy) is 1. The van der Waals surface area contributed by atoms with Crippen LogP contribution in [0.25, 0.3) is 0 Å². The predicted octanol–water partition coefficient (Wildman–Crippen LogP) is 1.79. The second kappa shape index (κ2) is 7.00. The van der Waals surface area contributed by atoms with Crippen LogP contribution in [0, 0.1) is 0 Å². The van der Waals surface area contributed by atoms with Gasteiger partial charge in [0.05, 0.1) is 13.3 Å². The van der Waals surface area contributed by atoms with Crippen LogP contribution >= 0.6 is 0 Å². The topological polar surface area (TPSA) is 64.9 Å². The lowest BCUT2D eigenvalue weighted by Gasteiger charge is -2.19.